The summed E-state index contributed by atoms with van der Waals surface area (Å²) in [6, 6.07) is -0.146. The van der Waals surface area contributed by atoms with Crippen molar-refractivity contribution in [1.82, 2.24) is 24.8 Å². The lowest BCUT2D eigenvalue weighted by molar-refractivity contribution is 0.0272. The number of carbonyl (C=O) groups is 1. The van der Waals surface area contributed by atoms with Crippen LogP contribution in [0.2, 0.25) is 5.15 Å². The molecule has 0 saturated carbocycles. The van der Waals surface area contributed by atoms with Crippen LogP contribution in [0.1, 0.15) is 36.6 Å². The molecule has 3 aromatic heterocycles. The van der Waals surface area contributed by atoms with Gasteiger partial charge < -0.3 is 29.6 Å². The topological polar surface area (TPSA) is 108 Å². The molecule has 0 aromatic carbocycles. The van der Waals surface area contributed by atoms with Crippen LogP contribution in [0.25, 0.3) is 10.2 Å². The molecular formula is C19H25ClN6O3S. The van der Waals surface area contributed by atoms with E-state index >= 15 is 0 Å². The summed E-state index contributed by atoms with van der Waals surface area (Å²) in [7, 11) is 1.79. The highest BCUT2D eigenvalue weighted by atomic mass is 35.5. The van der Waals surface area contributed by atoms with Crippen LogP contribution < -0.4 is 10.2 Å². The predicted molar refractivity (Wildman–Crippen MR) is 117 cm³/mol. The Morgan fingerprint density at radius 1 is 1.47 bits per heavy atom. The molecule has 1 aliphatic heterocycles. The van der Waals surface area contributed by atoms with Gasteiger partial charge in [0.1, 0.15) is 10.2 Å². The van der Waals surface area contributed by atoms with Crippen LogP contribution in [0.3, 0.4) is 0 Å². The summed E-state index contributed by atoms with van der Waals surface area (Å²) in [6.07, 6.45) is 3.01. The number of hydrogen-bond donors (Lipinski definition) is 3. The number of H-pyrrole nitrogens is 1. The number of rotatable bonds is 6. The van der Waals surface area contributed by atoms with Gasteiger partial charge in [0.2, 0.25) is 5.88 Å². The van der Waals surface area contributed by atoms with Gasteiger partial charge in [-0.3, -0.25) is 4.79 Å². The van der Waals surface area contributed by atoms with Crippen molar-refractivity contribution >= 4 is 44.2 Å². The van der Waals surface area contributed by atoms with E-state index in [9.17, 15) is 9.90 Å². The summed E-state index contributed by atoms with van der Waals surface area (Å²) in [5.41, 5.74) is 1.53. The summed E-state index contributed by atoms with van der Waals surface area (Å²) in [5, 5.41) is 14.4. The molecule has 4 rings (SSSR count). The van der Waals surface area contributed by atoms with Gasteiger partial charge in [0.15, 0.2) is 16.1 Å². The Kier molecular flexibility index (Phi) is 5.90. The third kappa shape index (κ3) is 3.86. The van der Waals surface area contributed by atoms with E-state index in [1.165, 1.54) is 11.3 Å². The molecule has 9 nitrogen and oxygen atoms in total. The number of aromatic hydroxyl groups is 1. The van der Waals surface area contributed by atoms with Gasteiger partial charge in [0.25, 0.3) is 5.91 Å². The Bertz CT molecular complexity index is 1060. The van der Waals surface area contributed by atoms with Gasteiger partial charge in [-0.05, 0) is 19.8 Å². The smallest absolute Gasteiger partial charge is 0.287 e. The fourth-order valence-electron chi connectivity index (χ4n) is 3.71. The van der Waals surface area contributed by atoms with E-state index in [0.717, 1.165) is 27.6 Å². The predicted octanol–water partition coefficient (Wildman–Crippen LogP) is 2.69. The van der Waals surface area contributed by atoms with E-state index in [-0.39, 0.29) is 29.8 Å². The van der Waals surface area contributed by atoms with Gasteiger partial charge in [-0.15, -0.1) is 0 Å². The first-order chi connectivity index (χ1) is 14.4. The molecule has 11 heteroatoms. The average molecular weight is 453 g/mol. The van der Waals surface area contributed by atoms with Crippen LogP contribution in [-0.4, -0.2) is 62.4 Å². The molecule has 0 bridgehead atoms. The minimum atomic E-state index is -0.287. The maximum Gasteiger partial charge on any atom is 0.287 e. The zero-order valence-corrected chi connectivity index (χ0v) is 18.7. The Balaban J connectivity index is 1.47. The van der Waals surface area contributed by atoms with Gasteiger partial charge >= 0.3 is 0 Å². The van der Waals surface area contributed by atoms with Crippen molar-refractivity contribution in [2.75, 3.05) is 24.6 Å². The lowest BCUT2D eigenvalue weighted by Gasteiger charge is -2.38. The van der Waals surface area contributed by atoms with E-state index in [1.807, 2.05) is 20.0 Å². The second-order valence-electron chi connectivity index (χ2n) is 7.29. The number of hydrogen-bond acceptors (Lipinski definition) is 7. The number of carbonyl (C=O) groups excluding carboxylic acids is 1. The van der Waals surface area contributed by atoms with Crippen LogP contribution in [0.4, 0.5) is 5.13 Å². The van der Waals surface area contributed by atoms with Crippen LogP contribution in [0.15, 0.2) is 6.20 Å². The van der Waals surface area contributed by atoms with Crippen LogP contribution >= 0.6 is 22.9 Å². The number of halogens is 1. The molecule has 162 valence electrons. The lowest BCUT2D eigenvalue weighted by Crippen LogP contribution is -2.55. The highest BCUT2D eigenvalue weighted by Crippen LogP contribution is 2.36. The number of amides is 1. The van der Waals surface area contributed by atoms with E-state index in [2.05, 4.69) is 25.2 Å². The van der Waals surface area contributed by atoms with Crippen molar-refractivity contribution in [2.24, 2.45) is 7.05 Å². The molecule has 1 amide bonds. The highest BCUT2D eigenvalue weighted by molar-refractivity contribution is 7.22. The van der Waals surface area contributed by atoms with Gasteiger partial charge in [0, 0.05) is 32.9 Å². The summed E-state index contributed by atoms with van der Waals surface area (Å²) in [5.74, 6) is 0.155. The highest BCUT2D eigenvalue weighted by Gasteiger charge is 2.33. The molecule has 1 fully saturated rings. The maximum absolute atomic E-state index is 12.7. The first-order valence-corrected chi connectivity index (χ1v) is 11.2. The number of nitrogens with one attached hydrogen (secondary N) is 2. The first-order valence-electron chi connectivity index (χ1n) is 9.97. The van der Waals surface area contributed by atoms with Gasteiger partial charge in [-0.2, -0.15) is 0 Å². The number of imidazole rings is 1. The number of nitrogens with zero attached hydrogens (tertiary/aromatic N) is 4. The van der Waals surface area contributed by atoms with Gasteiger partial charge in [-0.1, -0.05) is 29.9 Å². The molecule has 0 spiro atoms. The van der Waals surface area contributed by atoms with Gasteiger partial charge in [-0.25, -0.2) is 9.97 Å². The molecule has 1 aliphatic rings. The first kappa shape index (κ1) is 21.0. The number of ether oxygens (including phenoxy) is 1. The molecule has 30 heavy (non-hydrogen) atoms. The normalized spacial score (nSPS) is 19.5. The second-order valence-corrected chi connectivity index (χ2v) is 8.63. The third-order valence-corrected chi connectivity index (χ3v) is 6.76. The third-order valence-electron chi connectivity index (χ3n) is 5.32. The number of fused-ring (bicyclic) bond motifs is 1. The quantitative estimate of drug-likeness (QED) is 0.530. The van der Waals surface area contributed by atoms with E-state index in [1.54, 1.807) is 11.6 Å². The molecule has 3 aromatic rings. The number of anilines is 1. The van der Waals surface area contributed by atoms with Crippen molar-refractivity contribution < 1.29 is 14.6 Å². The molecule has 1 saturated heterocycles. The number of thiazole rings is 1. The summed E-state index contributed by atoms with van der Waals surface area (Å²) in [6.45, 7) is 5.74. The van der Waals surface area contributed by atoms with Crippen LogP contribution in [0, 0.1) is 0 Å². The van der Waals surface area contributed by atoms with E-state index in [4.69, 9.17) is 16.3 Å². The second kappa shape index (κ2) is 8.44. The van der Waals surface area contributed by atoms with Crippen molar-refractivity contribution in [3.05, 3.63) is 22.9 Å². The Morgan fingerprint density at radius 3 is 2.93 bits per heavy atom. The average Bonchev–Trinajstić information content (AvgIpc) is 3.38. The summed E-state index contributed by atoms with van der Waals surface area (Å²) in [4.78, 5) is 26.6. The number of aryl methyl sites for hydroxylation is 2. The fraction of sp³-hybridized carbons (Fsp3) is 0.526. The van der Waals surface area contributed by atoms with Gasteiger partial charge in [0.05, 0.1) is 17.8 Å². The van der Waals surface area contributed by atoms with Crippen molar-refractivity contribution in [2.45, 2.75) is 38.8 Å². The summed E-state index contributed by atoms with van der Waals surface area (Å²) >= 11 is 7.53. The number of aromatic amines is 1. The zero-order valence-electron chi connectivity index (χ0n) is 17.1. The molecule has 0 radical (unpaired) electrons. The largest absolute Gasteiger partial charge is 0.493 e. The minimum absolute atomic E-state index is 0.146. The standard InChI is InChI=1S/C19H25ClN6O3S/c1-4-10-15(20)24-16(21-10)17(27)22-11-6-7-26(9-13(11)29-5-2)19-23-12-8-25(3)18(28)14(12)30-19/h8,11,13,28H,4-7,9H2,1-3H3,(H,21,24)(H,22,27)/t11-,13+/m1/s1. The SMILES string of the molecule is CCO[C@H]1CN(c2nc3cn(C)c(O)c3s2)CC[C@H]1NC(=O)c1nc(Cl)c(CC)[nH]1. The monoisotopic (exact) mass is 452 g/mol. The Morgan fingerprint density at radius 2 is 2.27 bits per heavy atom. The van der Waals surface area contributed by atoms with Crippen LogP contribution in [0.5, 0.6) is 5.88 Å². The number of piperidine rings is 1. The zero-order chi connectivity index (χ0) is 21.4. The summed E-state index contributed by atoms with van der Waals surface area (Å²) < 4.78 is 8.38. The Labute approximate surface area is 183 Å². The van der Waals surface area contributed by atoms with Crippen LogP contribution in [-0.2, 0) is 18.2 Å². The minimum Gasteiger partial charge on any atom is -0.493 e. The van der Waals surface area contributed by atoms with Crippen molar-refractivity contribution in [3.8, 4) is 5.88 Å². The molecule has 2 atom stereocenters. The molecule has 0 aliphatic carbocycles. The molecule has 0 unspecified atom stereocenters. The lowest BCUT2D eigenvalue weighted by atomic mass is 10.0. The van der Waals surface area contributed by atoms with Crippen molar-refractivity contribution in [3.63, 3.8) is 0 Å². The van der Waals surface area contributed by atoms with Crippen molar-refractivity contribution in [1.29, 1.82) is 0 Å². The molecular weight excluding hydrogens is 428 g/mol. The fourth-order valence-corrected chi connectivity index (χ4v) is 5.04. The number of aromatic nitrogens is 4. The van der Waals surface area contributed by atoms with E-state index in [0.29, 0.717) is 31.1 Å². The molecule has 4 heterocycles. The van der Waals surface area contributed by atoms with E-state index < -0.39 is 0 Å². The maximum atomic E-state index is 12.7. The Hall–Kier alpha value is -2.30. The molecule has 3 N–H and O–H groups in total.